The summed E-state index contributed by atoms with van der Waals surface area (Å²) in [5, 5.41) is 6.86. The average molecular weight is 280 g/mol. The zero-order chi connectivity index (χ0) is 14.8. The molecule has 0 spiro atoms. The molecule has 1 aromatic carbocycles. The van der Waals surface area contributed by atoms with Crippen molar-refractivity contribution in [1.29, 1.82) is 0 Å². The third-order valence-electron chi connectivity index (χ3n) is 3.68. The molecular formula is C17H20N4. The summed E-state index contributed by atoms with van der Waals surface area (Å²) in [5.74, 6) is 0. The van der Waals surface area contributed by atoms with E-state index in [1.807, 2.05) is 41.3 Å². The SMILES string of the molecule is CC(C)n1ccc(CC(N)c2nccc3ccccc23)n1. The van der Waals surface area contributed by atoms with E-state index in [9.17, 15) is 0 Å². The maximum atomic E-state index is 6.37. The number of aromatic nitrogens is 3. The van der Waals surface area contributed by atoms with Crippen LogP contribution in [0.5, 0.6) is 0 Å². The minimum atomic E-state index is -0.147. The van der Waals surface area contributed by atoms with Crippen LogP contribution in [0.15, 0.2) is 48.8 Å². The van der Waals surface area contributed by atoms with Gasteiger partial charge in [0.1, 0.15) is 0 Å². The summed E-state index contributed by atoms with van der Waals surface area (Å²) in [4.78, 5) is 4.49. The summed E-state index contributed by atoms with van der Waals surface area (Å²) < 4.78 is 1.96. The highest BCUT2D eigenvalue weighted by atomic mass is 15.3. The van der Waals surface area contributed by atoms with Gasteiger partial charge in [-0.15, -0.1) is 0 Å². The first-order valence-electron chi connectivity index (χ1n) is 7.28. The summed E-state index contributed by atoms with van der Waals surface area (Å²) in [6, 6.07) is 12.5. The molecule has 0 amide bonds. The highest BCUT2D eigenvalue weighted by molar-refractivity contribution is 5.84. The van der Waals surface area contributed by atoms with E-state index in [1.54, 1.807) is 0 Å². The Bertz CT molecular complexity index is 740. The molecule has 0 fully saturated rings. The molecule has 2 heterocycles. The van der Waals surface area contributed by atoms with E-state index in [4.69, 9.17) is 5.73 Å². The molecule has 0 saturated carbocycles. The van der Waals surface area contributed by atoms with Crippen LogP contribution in [0.4, 0.5) is 0 Å². The lowest BCUT2D eigenvalue weighted by molar-refractivity contribution is 0.522. The lowest BCUT2D eigenvalue weighted by atomic mass is 10.0. The molecule has 21 heavy (non-hydrogen) atoms. The zero-order valence-electron chi connectivity index (χ0n) is 12.4. The highest BCUT2D eigenvalue weighted by Gasteiger charge is 2.14. The Morgan fingerprint density at radius 3 is 2.71 bits per heavy atom. The molecule has 108 valence electrons. The molecule has 0 bridgehead atoms. The van der Waals surface area contributed by atoms with Crippen molar-refractivity contribution < 1.29 is 0 Å². The largest absolute Gasteiger partial charge is 0.322 e. The normalized spacial score (nSPS) is 13.0. The minimum Gasteiger partial charge on any atom is -0.322 e. The third kappa shape index (κ3) is 2.81. The van der Waals surface area contributed by atoms with Crippen molar-refractivity contribution in [1.82, 2.24) is 14.8 Å². The van der Waals surface area contributed by atoms with Gasteiger partial charge in [-0.25, -0.2) is 0 Å². The summed E-state index contributed by atoms with van der Waals surface area (Å²) in [5.41, 5.74) is 8.31. The number of rotatable bonds is 4. The number of nitrogens with zero attached hydrogens (tertiary/aromatic N) is 3. The van der Waals surface area contributed by atoms with Gasteiger partial charge in [-0.3, -0.25) is 9.67 Å². The molecule has 0 saturated heterocycles. The van der Waals surface area contributed by atoms with Crippen LogP contribution in [-0.4, -0.2) is 14.8 Å². The minimum absolute atomic E-state index is 0.147. The lowest BCUT2D eigenvalue weighted by Gasteiger charge is -2.12. The fourth-order valence-corrected chi connectivity index (χ4v) is 2.53. The maximum Gasteiger partial charge on any atom is 0.0653 e. The average Bonchev–Trinajstić information content (AvgIpc) is 2.95. The highest BCUT2D eigenvalue weighted by Crippen LogP contribution is 2.22. The van der Waals surface area contributed by atoms with Gasteiger partial charge < -0.3 is 5.73 Å². The fourth-order valence-electron chi connectivity index (χ4n) is 2.53. The van der Waals surface area contributed by atoms with Crippen LogP contribution in [0.1, 0.15) is 37.3 Å². The summed E-state index contributed by atoms with van der Waals surface area (Å²) in [7, 11) is 0. The number of hydrogen-bond donors (Lipinski definition) is 1. The van der Waals surface area contributed by atoms with Crippen LogP contribution in [0.3, 0.4) is 0 Å². The molecule has 0 radical (unpaired) electrons. The number of benzene rings is 1. The second kappa shape index (κ2) is 5.66. The van der Waals surface area contributed by atoms with Crippen molar-refractivity contribution in [3.63, 3.8) is 0 Å². The number of nitrogens with two attached hydrogens (primary N) is 1. The number of pyridine rings is 1. The fraction of sp³-hybridized carbons (Fsp3) is 0.294. The predicted molar refractivity (Wildman–Crippen MR) is 85.0 cm³/mol. The van der Waals surface area contributed by atoms with E-state index >= 15 is 0 Å². The standard InChI is InChI=1S/C17H20N4/c1-12(2)21-10-8-14(20-21)11-16(18)17-15-6-4-3-5-13(15)7-9-19-17/h3-10,12,16H,11,18H2,1-2H3. The van der Waals surface area contributed by atoms with Gasteiger partial charge in [0, 0.05) is 30.2 Å². The Morgan fingerprint density at radius 1 is 1.14 bits per heavy atom. The van der Waals surface area contributed by atoms with Gasteiger partial charge in [-0.05, 0) is 31.4 Å². The van der Waals surface area contributed by atoms with Gasteiger partial charge >= 0.3 is 0 Å². The number of hydrogen-bond acceptors (Lipinski definition) is 3. The van der Waals surface area contributed by atoms with Crippen LogP contribution >= 0.6 is 0 Å². The van der Waals surface area contributed by atoms with Crippen molar-refractivity contribution >= 4 is 10.8 Å². The van der Waals surface area contributed by atoms with Gasteiger partial charge in [0.25, 0.3) is 0 Å². The van der Waals surface area contributed by atoms with Gasteiger partial charge in [0.2, 0.25) is 0 Å². The van der Waals surface area contributed by atoms with Crippen molar-refractivity contribution in [3.8, 4) is 0 Å². The van der Waals surface area contributed by atoms with E-state index in [1.165, 1.54) is 5.39 Å². The lowest BCUT2D eigenvalue weighted by Crippen LogP contribution is -2.16. The van der Waals surface area contributed by atoms with E-state index in [2.05, 4.69) is 36.1 Å². The Hall–Kier alpha value is -2.20. The Labute approximate surface area is 124 Å². The second-order valence-corrected chi connectivity index (χ2v) is 5.61. The molecule has 0 aliphatic carbocycles. The topological polar surface area (TPSA) is 56.7 Å². The molecule has 1 atom stereocenters. The zero-order valence-corrected chi connectivity index (χ0v) is 12.4. The first-order chi connectivity index (χ1) is 10.1. The monoisotopic (exact) mass is 280 g/mol. The van der Waals surface area contributed by atoms with Crippen LogP contribution in [0, 0.1) is 0 Å². The summed E-state index contributed by atoms with van der Waals surface area (Å²) >= 11 is 0. The molecule has 0 aliphatic heterocycles. The van der Waals surface area contributed by atoms with Crippen molar-refractivity contribution in [2.75, 3.05) is 0 Å². The second-order valence-electron chi connectivity index (χ2n) is 5.61. The van der Waals surface area contributed by atoms with Crippen LogP contribution < -0.4 is 5.73 Å². The molecule has 3 rings (SSSR count). The van der Waals surface area contributed by atoms with E-state index in [-0.39, 0.29) is 6.04 Å². The quantitative estimate of drug-likeness (QED) is 0.798. The van der Waals surface area contributed by atoms with Gasteiger partial charge in [0.05, 0.1) is 17.4 Å². The molecule has 1 unspecified atom stereocenters. The number of fused-ring (bicyclic) bond motifs is 1. The van der Waals surface area contributed by atoms with Crippen LogP contribution in [0.25, 0.3) is 10.8 Å². The Kier molecular flexibility index (Phi) is 3.71. The van der Waals surface area contributed by atoms with Gasteiger partial charge in [-0.2, -0.15) is 5.10 Å². The molecule has 3 aromatic rings. The molecule has 2 aromatic heterocycles. The van der Waals surface area contributed by atoms with Crippen LogP contribution in [0.2, 0.25) is 0 Å². The van der Waals surface area contributed by atoms with Crippen molar-refractivity contribution in [2.45, 2.75) is 32.4 Å². The maximum absolute atomic E-state index is 6.37. The molecule has 4 heteroatoms. The van der Waals surface area contributed by atoms with E-state index in [0.29, 0.717) is 12.5 Å². The molecular weight excluding hydrogens is 260 g/mol. The van der Waals surface area contributed by atoms with Crippen molar-refractivity contribution in [2.24, 2.45) is 5.73 Å². The first kappa shape index (κ1) is 13.8. The smallest absolute Gasteiger partial charge is 0.0653 e. The van der Waals surface area contributed by atoms with Crippen LogP contribution in [-0.2, 0) is 6.42 Å². The summed E-state index contributed by atoms with van der Waals surface area (Å²) in [6.07, 6.45) is 4.52. The van der Waals surface area contributed by atoms with Crippen molar-refractivity contribution in [3.05, 3.63) is 60.2 Å². The summed E-state index contributed by atoms with van der Waals surface area (Å²) in [6.45, 7) is 4.23. The Balaban J connectivity index is 1.88. The first-order valence-corrected chi connectivity index (χ1v) is 7.28. The third-order valence-corrected chi connectivity index (χ3v) is 3.68. The van der Waals surface area contributed by atoms with E-state index < -0.39 is 0 Å². The molecule has 2 N–H and O–H groups in total. The van der Waals surface area contributed by atoms with Gasteiger partial charge in [-0.1, -0.05) is 24.3 Å². The van der Waals surface area contributed by atoms with Gasteiger partial charge in [0.15, 0.2) is 0 Å². The van der Waals surface area contributed by atoms with E-state index in [0.717, 1.165) is 16.8 Å². The molecule has 0 aliphatic rings. The molecule has 4 nitrogen and oxygen atoms in total. The Morgan fingerprint density at radius 2 is 1.95 bits per heavy atom. The predicted octanol–water partition coefficient (Wildman–Crippen LogP) is 3.25.